The van der Waals surface area contributed by atoms with Crippen molar-refractivity contribution in [3.05, 3.63) is 22.8 Å². The standard InChI is InChI=1S/C9H9N3OS/c1-5-3-7(13)12-8(10-5)9-11-6(2)4-14-9/h3-4H,1-2H3,(H,10,12,13). The SMILES string of the molecule is Cc1cc(O)nc(-c2nc(C)cs2)n1. The monoisotopic (exact) mass is 207 g/mol. The number of aromatic nitrogens is 3. The predicted molar refractivity (Wildman–Crippen MR) is 54.3 cm³/mol. The third-order valence-electron chi connectivity index (χ3n) is 1.65. The Morgan fingerprint density at radius 3 is 2.50 bits per heavy atom. The van der Waals surface area contributed by atoms with Crippen LogP contribution in [0.1, 0.15) is 11.4 Å². The Bertz CT molecular complexity index is 447. The van der Waals surface area contributed by atoms with Gasteiger partial charge in [-0.05, 0) is 13.8 Å². The lowest BCUT2D eigenvalue weighted by Crippen LogP contribution is -1.91. The molecule has 2 aromatic heterocycles. The lowest BCUT2D eigenvalue weighted by molar-refractivity contribution is 0.452. The Hall–Kier alpha value is -1.49. The number of hydrogen-bond donors (Lipinski definition) is 1. The molecule has 72 valence electrons. The van der Waals surface area contributed by atoms with Gasteiger partial charge in [0.25, 0.3) is 0 Å². The smallest absolute Gasteiger partial charge is 0.214 e. The highest BCUT2D eigenvalue weighted by atomic mass is 32.1. The van der Waals surface area contributed by atoms with E-state index in [0.717, 1.165) is 16.4 Å². The van der Waals surface area contributed by atoms with Crippen LogP contribution in [0.4, 0.5) is 0 Å². The van der Waals surface area contributed by atoms with Crippen LogP contribution in [-0.4, -0.2) is 20.1 Å². The van der Waals surface area contributed by atoms with Gasteiger partial charge in [0, 0.05) is 22.8 Å². The number of thiazole rings is 1. The number of aromatic hydroxyl groups is 1. The Labute approximate surface area is 85.3 Å². The van der Waals surface area contributed by atoms with Gasteiger partial charge in [0.1, 0.15) is 0 Å². The minimum atomic E-state index is -0.0136. The van der Waals surface area contributed by atoms with Crippen molar-refractivity contribution in [2.45, 2.75) is 13.8 Å². The van der Waals surface area contributed by atoms with Crippen LogP contribution < -0.4 is 0 Å². The van der Waals surface area contributed by atoms with Crippen molar-refractivity contribution in [2.75, 3.05) is 0 Å². The molecule has 0 aliphatic rings. The molecule has 1 N–H and O–H groups in total. The fourth-order valence-corrected chi connectivity index (χ4v) is 1.83. The fraction of sp³-hybridized carbons (Fsp3) is 0.222. The molecule has 0 bridgehead atoms. The summed E-state index contributed by atoms with van der Waals surface area (Å²) in [6.45, 7) is 3.72. The Kier molecular flexibility index (Phi) is 2.17. The van der Waals surface area contributed by atoms with Crippen LogP contribution in [0.2, 0.25) is 0 Å². The van der Waals surface area contributed by atoms with Gasteiger partial charge >= 0.3 is 0 Å². The van der Waals surface area contributed by atoms with Crippen molar-refractivity contribution >= 4 is 11.3 Å². The molecular weight excluding hydrogens is 198 g/mol. The molecule has 5 heteroatoms. The maximum atomic E-state index is 9.29. The first kappa shape index (κ1) is 9.08. The summed E-state index contributed by atoms with van der Waals surface area (Å²) in [5.74, 6) is 0.473. The third kappa shape index (κ3) is 1.72. The van der Waals surface area contributed by atoms with Gasteiger partial charge in [0.15, 0.2) is 10.8 Å². The van der Waals surface area contributed by atoms with E-state index in [4.69, 9.17) is 0 Å². The molecular formula is C9H9N3OS. The first-order valence-corrected chi connectivity index (χ1v) is 5.00. The zero-order chi connectivity index (χ0) is 10.1. The molecule has 2 heterocycles. The van der Waals surface area contributed by atoms with Crippen molar-refractivity contribution in [3.8, 4) is 16.7 Å². The molecule has 2 rings (SSSR count). The summed E-state index contributed by atoms with van der Waals surface area (Å²) in [6.07, 6.45) is 0. The molecule has 0 fully saturated rings. The van der Waals surface area contributed by atoms with Crippen molar-refractivity contribution < 1.29 is 5.11 Å². The van der Waals surface area contributed by atoms with Crippen molar-refractivity contribution in [1.82, 2.24) is 15.0 Å². The summed E-state index contributed by atoms with van der Waals surface area (Å²) < 4.78 is 0. The van der Waals surface area contributed by atoms with E-state index in [2.05, 4.69) is 15.0 Å². The van der Waals surface area contributed by atoms with Gasteiger partial charge in [0.05, 0.1) is 0 Å². The van der Waals surface area contributed by atoms with Crippen molar-refractivity contribution in [3.63, 3.8) is 0 Å². The van der Waals surface area contributed by atoms with Crippen LogP contribution in [0.3, 0.4) is 0 Å². The minimum absolute atomic E-state index is 0.0136. The van der Waals surface area contributed by atoms with Gasteiger partial charge < -0.3 is 5.11 Å². The molecule has 0 amide bonds. The molecule has 0 saturated heterocycles. The topological polar surface area (TPSA) is 58.9 Å². The predicted octanol–water partition coefficient (Wildman–Crippen LogP) is 1.92. The average molecular weight is 207 g/mol. The first-order valence-electron chi connectivity index (χ1n) is 4.12. The van der Waals surface area contributed by atoms with Crippen LogP contribution in [0.15, 0.2) is 11.4 Å². The molecule has 0 radical (unpaired) electrons. The van der Waals surface area contributed by atoms with Crippen LogP contribution >= 0.6 is 11.3 Å². The lowest BCUT2D eigenvalue weighted by Gasteiger charge is -1.97. The van der Waals surface area contributed by atoms with Crippen LogP contribution in [-0.2, 0) is 0 Å². The largest absolute Gasteiger partial charge is 0.493 e. The van der Waals surface area contributed by atoms with Gasteiger partial charge in [-0.3, -0.25) is 0 Å². The van der Waals surface area contributed by atoms with E-state index in [1.807, 2.05) is 19.2 Å². The molecule has 0 aliphatic carbocycles. The second-order valence-electron chi connectivity index (χ2n) is 2.99. The second-order valence-corrected chi connectivity index (χ2v) is 3.84. The highest BCUT2D eigenvalue weighted by molar-refractivity contribution is 7.13. The minimum Gasteiger partial charge on any atom is -0.493 e. The summed E-state index contributed by atoms with van der Waals surface area (Å²) in [5.41, 5.74) is 1.68. The van der Waals surface area contributed by atoms with Crippen molar-refractivity contribution in [2.24, 2.45) is 0 Å². The summed E-state index contributed by atoms with van der Waals surface area (Å²) in [5, 5.41) is 12.0. The van der Waals surface area contributed by atoms with Crippen LogP contribution in [0, 0.1) is 13.8 Å². The first-order chi connectivity index (χ1) is 6.65. The van der Waals surface area contributed by atoms with Crippen LogP contribution in [0.5, 0.6) is 5.88 Å². The number of aryl methyl sites for hydroxylation is 2. The van der Waals surface area contributed by atoms with Gasteiger partial charge in [-0.2, -0.15) is 4.98 Å². The normalized spacial score (nSPS) is 10.4. The molecule has 0 aliphatic heterocycles. The van der Waals surface area contributed by atoms with E-state index in [1.165, 1.54) is 17.4 Å². The Morgan fingerprint density at radius 1 is 1.14 bits per heavy atom. The highest BCUT2D eigenvalue weighted by Gasteiger charge is 2.07. The molecule has 2 aromatic rings. The number of nitrogens with zero attached hydrogens (tertiary/aromatic N) is 3. The maximum Gasteiger partial charge on any atom is 0.214 e. The Balaban J connectivity index is 2.51. The van der Waals surface area contributed by atoms with Gasteiger partial charge in [-0.1, -0.05) is 0 Å². The van der Waals surface area contributed by atoms with E-state index < -0.39 is 0 Å². The zero-order valence-electron chi connectivity index (χ0n) is 7.85. The average Bonchev–Trinajstić information content (AvgIpc) is 2.50. The van der Waals surface area contributed by atoms with Gasteiger partial charge in [-0.25, -0.2) is 9.97 Å². The molecule has 0 spiro atoms. The number of rotatable bonds is 1. The summed E-state index contributed by atoms with van der Waals surface area (Å²) in [6, 6.07) is 1.52. The highest BCUT2D eigenvalue weighted by Crippen LogP contribution is 2.21. The second kappa shape index (κ2) is 3.34. The summed E-state index contributed by atoms with van der Waals surface area (Å²) in [7, 11) is 0. The Morgan fingerprint density at radius 2 is 1.93 bits per heavy atom. The maximum absolute atomic E-state index is 9.29. The lowest BCUT2D eigenvalue weighted by atomic mass is 10.4. The molecule has 0 saturated carbocycles. The van der Waals surface area contributed by atoms with Crippen molar-refractivity contribution in [1.29, 1.82) is 0 Å². The molecule has 0 aromatic carbocycles. The molecule has 0 atom stereocenters. The summed E-state index contributed by atoms with van der Waals surface area (Å²) in [4.78, 5) is 12.3. The van der Waals surface area contributed by atoms with Gasteiger partial charge in [0.2, 0.25) is 5.88 Å². The summed E-state index contributed by atoms with van der Waals surface area (Å²) >= 11 is 1.47. The van der Waals surface area contributed by atoms with Gasteiger partial charge in [-0.15, -0.1) is 11.3 Å². The van der Waals surface area contributed by atoms with Crippen LogP contribution in [0.25, 0.3) is 10.8 Å². The third-order valence-corrected chi connectivity index (χ3v) is 2.61. The van der Waals surface area contributed by atoms with E-state index in [9.17, 15) is 5.11 Å². The fourth-order valence-electron chi connectivity index (χ4n) is 1.10. The molecule has 4 nitrogen and oxygen atoms in total. The molecule has 14 heavy (non-hydrogen) atoms. The number of hydrogen-bond acceptors (Lipinski definition) is 5. The van der Waals surface area contributed by atoms with E-state index in [-0.39, 0.29) is 5.88 Å². The zero-order valence-corrected chi connectivity index (χ0v) is 8.67. The molecule has 0 unspecified atom stereocenters. The quantitative estimate of drug-likeness (QED) is 0.776. The van der Waals surface area contributed by atoms with E-state index in [0.29, 0.717) is 5.82 Å². The van der Waals surface area contributed by atoms with E-state index in [1.54, 1.807) is 0 Å². The van der Waals surface area contributed by atoms with E-state index >= 15 is 0 Å².